The average Bonchev–Trinajstić information content (AvgIpc) is 3.43. The second-order valence-electron chi connectivity index (χ2n) is 11.6. The number of aromatic nitrogens is 6. The molecule has 0 bridgehead atoms. The lowest BCUT2D eigenvalue weighted by atomic mass is 9.91. The van der Waals surface area contributed by atoms with Gasteiger partial charge in [0.25, 0.3) is 0 Å². The highest BCUT2D eigenvalue weighted by Crippen LogP contribution is 2.33. The molecular weight excluding hydrogens is 569 g/mol. The van der Waals surface area contributed by atoms with Crippen molar-refractivity contribution in [3.63, 3.8) is 0 Å². The van der Waals surface area contributed by atoms with Crippen LogP contribution in [0.4, 0.5) is 0 Å². The van der Waals surface area contributed by atoms with Crippen molar-refractivity contribution in [2.24, 2.45) is 0 Å². The fraction of sp³-hybridized carbons (Fsp3) is 0.533. The van der Waals surface area contributed by atoms with Crippen LogP contribution in [0.1, 0.15) is 59.7 Å². The average molecular weight is 605 g/mol. The van der Waals surface area contributed by atoms with Gasteiger partial charge in [-0.15, -0.1) is 22.7 Å². The van der Waals surface area contributed by atoms with Gasteiger partial charge < -0.3 is 9.97 Å². The molecule has 6 heterocycles. The Kier molecular flexibility index (Phi) is 8.11. The minimum atomic E-state index is -0.312. The number of nitrogens with zero attached hydrogens (tertiary/aromatic N) is 6. The van der Waals surface area contributed by atoms with Gasteiger partial charge in [-0.25, -0.2) is 29.5 Å². The molecule has 2 aliphatic carbocycles. The van der Waals surface area contributed by atoms with Crippen molar-refractivity contribution in [1.29, 1.82) is 0 Å². The van der Waals surface area contributed by atoms with E-state index >= 15 is 0 Å². The summed E-state index contributed by atoms with van der Waals surface area (Å²) >= 11 is 3.49. The fourth-order valence-electron chi connectivity index (χ4n) is 6.16. The summed E-state index contributed by atoms with van der Waals surface area (Å²) in [5.74, 6) is 0. The monoisotopic (exact) mass is 604 g/mol. The van der Waals surface area contributed by atoms with Crippen LogP contribution in [0.3, 0.4) is 0 Å². The van der Waals surface area contributed by atoms with Crippen molar-refractivity contribution >= 4 is 22.7 Å². The zero-order chi connectivity index (χ0) is 28.5. The molecule has 220 valence electrons. The van der Waals surface area contributed by atoms with Gasteiger partial charge in [0.05, 0.1) is 11.4 Å². The Balaban J connectivity index is 0.000000137. The Morgan fingerprint density at radius 2 is 1.07 bits per heavy atom. The van der Waals surface area contributed by atoms with Gasteiger partial charge >= 0.3 is 11.4 Å². The van der Waals surface area contributed by atoms with Crippen LogP contribution in [0.25, 0.3) is 21.1 Å². The number of H-pyrrole nitrogens is 2. The first kappa shape index (κ1) is 27.8. The van der Waals surface area contributed by atoms with Gasteiger partial charge in [-0.3, -0.25) is 9.80 Å². The van der Waals surface area contributed by atoms with Crippen molar-refractivity contribution in [2.75, 3.05) is 26.2 Å². The molecule has 0 atom stereocenters. The number of hydrogen-bond donors (Lipinski definition) is 2. The molecule has 0 spiro atoms. The SMILES string of the molecule is O=c1ncc(-c2nc3c(s2)CCN(C2CCC2)CC3)c[nH]1.O=c1ncc(-c2nc3c(s2)CCN(C2CCC2)CC3)c[nH]1. The predicted molar refractivity (Wildman–Crippen MR) is 165 cm³/mol. The first-order valence-electron chi connectivity index (χ1n) is 15.1. The van der Waals surface area contributed by atoms with Gasteiger partial charge in [0.15, 0.2) is 0 Å². The van der Waals surface area contributed by atoms with E-state index in [1.54, 1.807) is 47.5 Å². The molecule has 0 aromatic carbocycles. The van der Waals surface area contributed by atoms with Gasteiger partial charge in [0.2, 0.25) is 0 Å². The molecular formula is C30H36N8O2S2. The Labute approximate surface area is 252 Å². The first-order valence-corrected chi connectivity index (χ1v) is 16.8. The van der Waals surface area contributed by atoms with Crippen LogP contribution in [0.2, 0.25) is 0 Å². The van der Waals surface area contributed by atoms with Gasteiger partial charge in [-0.2, -0.15) is 0 Å². The van der Waals surface area contributed by atoms with Crippen LogP contribution < -0.4 is 11.4 Å². The lowest BCUT2D eigenvalue weighted by Crippen LogP contribution is -2.41. The Morgan fingerprint density at radius 1 is 0.643 bits per heavy atom. The molecule has 4 aromatic rings. The van der Waals surface area contributed by atoms with Crippen molar-refractivity contribution in [2.45, 2.75) is 76.3 Å². The van der Waals surface area contributed by atoms with Crippen molar-refractivity contribution in [1.82, 2.24) is 39.7 Å². The zero-order valence-corrected chi connectivity index (χ0v) is 25.3. The van der Waals surface area contributed by atoms with Crippen LogP contribution in [-0.4, -0.2) is 78.0 Å². The molecule has 2 aliphatic heterocycles. The van der Waals surface area contributed by atoms with Crippen molar-refractivity contribution in [3.8, 4) is 21.1 Å². The second kappa shape index (κ2) is 12.3. The summed E-state index contributed by atoms with van der Waals surface area (Å²) in [6.07, 6.45) is 19.2. The molecule has 0 unspecified atom stereocenters. The molecule has 2 saturated carbocycles. The number of nitrogens with one attached hydrogen (secondary N) is 2. The van der Waals surface area contributed by atoms with E-state index in [-0.39, 0.29) is 11.4 Å². The fourth-order valence-corrected chi connectivity index (χ4v) is 8.32. The van der Waals surface area contributed by atoms with E-state index in [1.165, 1.54) is 59.7 Å². The highest BCUT2D eigenvalue weighted by Gasteiger charge is 2.29. The van der Waals surface area contributed by atoms with Crippen LogP contribution in [-0.2, 0) is 25.7 Å². The minimum absolute atomic E-state index is 0.312. The molecule has 0 amide bonds. The zero-order valence-electron chi connectivity index (χ0n) is 23.7. The summed E-state index contributed by atoms with van der Waals surface area (Å²) < 4.78 is 0. The third-order valence-electron chi connectivity index (χ3n) is 9.10. The molecule has 0 radical (unpaired) electrons. The van der Waals surface area contributed by atoms with Crippen LogP contribution in [0.5, 0.6) is 0 Å². The van der Waals surface area contributed by atoms with E-state index in [0.29, 0.717) is 0 Å². The second-order valence-corrected chi connectivity index (χ2v) is 13.8. The standard InChI is InChI=1S/2C15H18N4OS/c2*20-15-16-8-10(9-17-15)14-18-12-4-6-19(11-2-1-3-11)7-5-13(12)21-14/h2*8-9,11H,1-7H2,(H,16,17,20). The summed E-state index contributed by atoms with van der Waals surface area (Å²) in [4.78, 5) is 52.5. The first-order chi connectivity index (χ1) is 20.6. The predicted octanol–water partition coefficient (Wildman–Crippen LogP) is 3.69. The summed E-state index contributed by atoms with van der Waals surface area (Å²) in [6, 6.07) is 1.64. The molecule has 10 nitrogen and oxygen atoms in total. The van der Waals surface area contributed by atoms with E-state index in [0.717, 1.165) is 85.1 Å². The summed E-state index contributed by atoms with van der Waals surface area (Å²) in [5.41, 5.74) is 3.67. The molecule has 2 fully saturated rings. The largest absolute Gasteiger partial charge is 0.344 e. The van der Waals surface area contributed by atoms with Crippen molar-refractivity contribution in [3.05, 3.63) is 66.9 Å². The normalized spacial score (nSPS) is 19.8. The number of thiazole rings is 2. The van der Waals surface area contributed by atoms with Gasteiger partial charge in [0.1, 0.15) is 10.0 Å². The Hall–Kier alpha value is -3.06. The molecule has 4 aromatic heterocycles. The maximum absolute atomic E-state index is 11.0. The third-order valence-corrected chi connectivity index (χ3v) is 11.5. The summed E-state index contributed by atoms with van der Waals surface area (Å²) in [5, 5.41) is 1.95. The van der Waals surface area contributed by atoms with Gasteiger partial charge in [-0.05, 0) is 38.5 Å². The highest BCUT2D eigenvalue weighted by atomic mass is 32.1. The topological polar surface area (TPSA) is 124 Å². The summed E-state index contributed by atoms with van der Waals surface area (Å²) in [6.45, 7) is 4.57. The smallest absolute Gasteiger partial charge is 0.312 e. The maximum atomic E-state index is 11.0. The van der Waals surface area contributed by atoms with Gasteiger partial charge in [-0.1, -0.05) is 12.8 Å². The molecule has 42 heavy (non-hydrogen) atoms. The molecule has 8 rings (SSSR count). The Bertz CT molecular complexity index is 1440. The van der Waals surface area contributed by atoms with Crippen molar-refractivity contribution < 1.29 is 0 Å². The molecule has 2 N–H and O–H groups in total. The van der Waals surface area contributed by atoms with Gasteiger partial charge in [0, 0.05) is 96.8 Å². The van der Waals surface area contributed by atoms with E-state index in [4.69, 9.17) is 9.97 Å². The number of fused-ring (bicyclic) bond motifs is 2. The quantitative estimate of drug-likeness (QED) is 0.362. The molecule has 12 heteroatoms. The van der Waals surface area contributed by atoms with Crippen LogP contribution in [0, 0.1) is 0 Å². The van der Waals surface area contributed by atoms with Crippen LogP contribution in [0.15, 0.2) is 34.4 Å². The number of rotatable bonds is 4. The lowest BCUT2D eigenvalue weighted by molar-refractivity contribution is 0.133. The van der Waals surface area contributed by atoms with E-state index < -0.39 is 0 Å². The minimum Gasteiger partial charge on any atom is -0.312 e. The molecule has 4 aliphatic rings. The third kappa shape index (κ3) is 6.03. The number of aromatic amines is 2. The van der Waals surface area contributed by atoms with E-state index in [1.807, 2.05) is 0 Å². The lowest BCUT2D eigenvalue weighted by Gasteiger charge is -2.36. The summed E-state index contributed by atoms with van der Waals surface area (Å²) in [7, 11) is 0. The molecule has 0 saturated heterocycles. The van der Waals surface area contributed by atoms with E-state index in [2.05, 4.69) is 29.7 Å². The van der Waals surface area contributed by atoms with E-state index in [9.17, 15) is 9.59 Å². The Morgan fingerprint density at radius 3 is 1.43 bits per heavy atom. The number of hydrogen-bond acceptors (Lipinski definition) is 10. The maximum Gasteiger partial charge on any atom is 0.344 e. The van der Waals surface area contributed by atoms with Crippen LogP contribution >= 0.6 is 22.7 Å². The highest BCUT2D eigenvalue weighted by molar-refractivity contribution is 7.15.